The maximum atomic E-state index is 5.37. The van der Waals surface area contributed by atoms with E-state index in [0.717, 1.165) is 44.2 Å². The summed E-state index contributed by atoms with van der Waals surface area (Å²) in [6.45, 7) is 9.93. The molecule has 1 aromatic rings. The number of nitrogens with one attached hydrogen (secondary N) is 1. The maximum Gasteiger partial charge on any atom is 0.140 e. The number of hydrazine groups is 1. The molecule has 0 unspecified atom stereocenters. The first kappa shape index (κ1) is 13.3. The van der Waals surface area contributed by atoms with Gasteiger partial charge in [0.2, 0.25) is 0 Å². The van der Waals surface area contributed by atoms with Crippen LogP contribution >= 0.6 is 0 Å². The number of hydrogen-bond acceptors (Lipinski definition) is 5. The quantitative estimate of drug-likeness (QED) is 0.613. The molecule has 5 nitrogen and oxygen atoms in total. The van der Waals surface area contributed by atoms with Gasteiger partial charge in [-0.05, 0) is 26.0 Å². The molecule has 5 heteroatoms. The van der Waals surface area contributed by atoms with Gasteiger partial charge in [-0.25, -0.2) is 10.8 Å². The molecule has 0 atom stereocenters. The highest BCUT2D eigenvalue weighted by atomic mass is 15.3. The van der Waals surface area contributed by atoms with Gasteiger partial charge in [-0.15, -0.1) is 0 Å². The van der Waals surface area contributed by atoms with E-state index in [-0.39, 0.29) is 0 Å². The van der Waals surface area contributed by atoms with E-state index in [1.54, 1.807) is 0 Å². The highest BCUT2D eigenvalue weighted by Gasteiger charge is 2.18. The van der Waals surface area contributed by atoms with Crippen LogP contribution in [-0.4, -0.2) is 47.0 Å². The van der Waals surface area contributed by atoms with Crippen molar-refractivity contribution in [2.45, 2.75) is 26.4 Å². The summed E-state index contributed by atoms with van der Waals surface area (Å²) in [5.41, 5.74) is 3.66. The average molecular weight is 249 g/mol. The van der Waals surface area contributed by atoms with E-state index in [2.05, 4.69) is 40.1 Å². The maximum absolute atomic E-state index is 5.37. The molecule has 0 saturated carbocycles. The number of nitrogens with two attached hydrogens (primary N) is 1. The Hall–Kier alpha value is -1.17. The molecule has 1 fully saturated rings. The number of anilines is 1. The molecule has 0 aromatic carbocycles. The molecule has 0 spiro atoms. The number of rotatable bonds is 4. The van der Waals surface area contributed by atoms with Crippen LogP contribution in [0.5, 0.6) is 0 Å². The Morgan fingerprint density at radius 1 is 1.28 bits per heavy atom. The van der Waals surface area contributed by atoms with Crippen LogP contribution < -0.4 is 11.3 Å². The number of aromatic nitrogens is 1. The van der Waals surface area contributed by atoms with Crippen molar-refractivity contribution in [3.63, 3.8) is 0 Å². The first-order chi connectivity index (χ1) is 8.69. The first-order valence-corrected chi connectivity index (χ1v) is 6.58. The third-order valence-corrected chi connectivity index (χ3v) is 3.48. The Morgan fingerprint density at radius 3 is 2.61 bits per heavy atom. The molecule has 3 N–H and O–H groups in total. The minimum atomic E-state index is 0.648. The predicted molar refractivity (Wildman–Crippen MR) is 74.0 cm³/mol. The molecule has 2 heterocycles. The van der Waals surface area contributed by atoms with Gasteiger partial charge in [0.1, 0.15) is 5.82 Å². The van der Waals surface area contributed by atoms with E-state index in [0.29, 0.717) is 6.04 Å². The Kier molecular flexibility index (Phi) is 4.52. The fourth-order valence-electron chi connectivity index (χ4n) is 2.31. The molecule has 0 aliphatic carbocycles. The minimum absolute atomic E-state index is 0.648. The van der Waals surface area contributed by atoms with Gasteiger partial charge in [-0.1, -0.05) is 6.07 Å². The van der Waals surface area contributed by atoms with Crippen LogP contribution in [0.25, 0.3) is 0 Å². The monoisotopic (exact) mass is 249 g/mol. The summed E-state index contributed by atoms with van der Waals surface area (Å²) >= 11 is 0. The normalized spacial score (nSPS) is 18.2. The van der Waals surface area contributed by atoms with Crippen LogP contribution in [0.4, 0.5) is 5.82 Å². The number of hydrogen-bond donors (Lipinski definition) is 2. The van der Waals surface area contributed by atoms with Crippen molar-refractivity contribution in [1.82, 2.24) is 14.8 Å². The molecule has 0 amide bonds. The van der Waals surface area contributed by atoms with Gasteiger partial charge in [0.15, 0.2) is 0 Å². The van der Waals surface area contributed by atoms with Gasteiger partial charge < -0.3 is 5.43 Å². The number of nitrogens with zero attached hydrogens (tertiary/aromatic N) is 3. The van der Waals surface area contributed by atoms with Crippen molar-refractivity contribution in [2.75, 3.05) is 31.6 Å². The Morgan fingerprint density at radius 2 is 2.00 bits per heavy atom. The number of piperazine rings is 1. The van der Waals surface area contributed by atoms with E-state index in [9.17, 15) is 0 Å². The standard InChI is InChI=1S/C13H23N5/c1-11(2)18-8-6-17(7-9-18)10-12-4-3-5-13(15-12)16-14/h3-5,11H,6-10,14H2,1-2H3,(H,15,16). The van der Waals surface area contributed by atoms with Gasteiger partial charge in [0.05, 0.1) is 5.69 Å². The summed E-state index contributed by atoms with van der Waals surface area (Å²) in [5.74, 6) is 6.10. The fourth-order valence-corrected chi connectivity index (χ4v) is 2.31. The lowest BCUT2D eigenvalue weighted by atomic mass is 10.2. The zero-order valence-electron chi connectivity index (χ0n) is 11.3. The molecule has 100 valence electrons. The second-order valence-corrected chi connectivity index (χ2v) is 5.06. The van der Waals surface area contributed by atoms with Crippen molar-refractivity contribution in [3.05, 3.63) is 23.9 Å². The summed E-state index contributed by atoms with van der Waals surface area (Å²) in [7, 11) is 0. The molecule has 1 aliphatic heterocycles. The van der Waals surface area contributed by atoms with Crippen molar-refractivity contribution in [3.8, 4) is 0 Å². The van der Waals surface area contributed by atoms with E-state index in [1.165, 1.54) is 0 Å². The molecule has 0 bridgehead atoms. The van der Waals surface area contributed by atoms with Crippen molar-refractivity contribution >= 4 is 5.82 Å². The van der Waals surface area contributed by atoms with Gasteiger partial charge in [0.25, 0.3) is 0 Å². The van der Waals surface area contributed by atoms with E-state index >= 15 is 0 Å². The molecular formula is C13H23N5. The van der Waals surface area contributed by atoms with E-state index < -0.39 is 0 Å². The highest BCUT2D eigenvalue weighted by Crippen LogP contribution is 2.10. The Bertz CT molecular complexity index is 371. The summed E-state index contributed by atoms with van der Waals surface area (Å²) in [6.07, 6.45) is 0. The third kappa shape index (κ3) is 3.41. The minimum Gasteiger partial charge on any atom is -0.308 e. The van der Waals surface area contributed by atoms with Crippen LogP contribution in [0.3, 0.4) is 0 Å². The smallest absolute Gasteiger partial charge is 0.140 e. The lowest BCUT2D eigenvalue weighted by Crippen LogP contribution is -2.48. The lowest BCUT2D eigenvalue weighted by molar-refractivity contribution is 0.103. The fraction of sp³-hybridized carbons (Fsp3) is 0.615. The van der Waals surface area contributed by atoms with Gasteiger partial charge in [-0.2, -0.15) is 0 Å². The molecule has 18 heavy (non-hydrogen) atoms. The van der Waals surface area contributed by atoms with Gasteiger partial charge in [-0.3, -0.25) is 9.80 Å². The molecule has 1 aliphatic rings. The van der Waals surface area contributed by atoms with Crippen molar-refractivity contribution < 1.29 is 0 Å². The summed E-state index contributed by atoms with van der Waals surface area (Å²) in [4.78, 5) is 9.41. The Labute approximate surface area is 109 Å². The van der Waals surface area contributed by atoms with Crippen LogP contribution in [0.2, 0.25) is 0 Å². The SMILES string of the molecule is CC(C)N1CCN(Cc2cccc(NN)n2)CC1. The molecular weight excluding hydrogens is 226 g/mol. The summed E-state index contributed by atoms with van der Waals surface area (Å²) in [6, 6.07) is 6.56. The second-order valence-electron chi connectivity index (χ2n) is 5.06. The van der Waals surface area contributed by atoms with Crippen molar-refractivity contribution in [2.24, 2.45) is 5.84 Å². The predicted octanol–water partition coefficient (Wildman–Crippen LogP) is 0.893. The average Bonchev–Trinajstić information content (AvgIpc) is 2.39. The third-order valence-electron chi connectivity index (χ3n) is 3.48. The van der Waals surface area contributed by atoms with Gasteiger partial charge in [0, 0.05) is 38.8 Å². The van der Waals surface area contributed by atoms with Crippen LogP contribution in [0.15, 0.2) is 18.2 Å². The summed E-state index contributed by atoms with van der Waals surface area (Å²) < 4.78 is 0. The number of pyridine rings is 1. The van der Waals surface area contributed by atoms with Gasteiger partial charge >= 0.3 is 0 Å². The van der Waals surface area contributed by atoms with E-state index in [1.807, 2.05) is 12.1 Å². The Balaban J connectivity index is 1.87. The largest absolute Gasteiger partial charge is 0.308 e. The topological polar surface area (TPSA) is 57.4 Å². The van der Waals surface area contributed by atoms with Crippen LogP contribution in [0, 0.1) is 0 Å². The first-order valence-electron chi connectivity index (χ1n) is 6.58. The lowest BCUT2D eigenvalue weighted by Gasteiger charge is -2.36. The second kappa shape index (κ2) is 6.13. The molecule has 0 radical (unpaired) electrons. The summed E-state index contributed by atoms with van der Waals surface area (Å²) in [5, 5.41) is 0. The molecule has 1 saturated heterocycles. The zero-order chi connectivity index (χ0) is 13.0. The molecule has 1 aromatic heterocycles. The van der Waals surface area contributed by atoms with Crippen molar-refractivity contribution in [1.29, 1.82) is 0 Å². The highest BCUT2D eigenvalue weighted by molar-refractivity contribution is 5.33. The van der Waals surface area contributed by atoms with Crippen LogP contribution in [-0.2, 0) is 6.54 Å². The molecule has 2 rings (SSSR count). The zero-order valence-corrected chi connectivity index (χ0v) is 11.3. The number of nitrogen functional groups attached to an aromatic ring is 1. The van der Waals surface area contributed by atoms with Crippen LogP contribution in [0.1, 0.15) is 19.5 Å². The van der Waals surface area contributed by atoms with E-state index in [4.69, 9.17) is 5.84 Å².